The monoisotopic (exact) mass is 158 g/mol. The predicted molar refractivity (Wildman–Crippen MR) is 40.4 cm³/mol. The topological polar surface area (TPSA) is 49.8 Å². The molecule has 3 atom stereocenters. The summed E-state index contributed by atoms with van der Waals surface area (Å²) in [4.78, 5) is 8.36. The van der Waals surface area contributed by atoms with Crippen molar-refractivity contribution in [3.05, 3.63) is 0 Å². The number of hydrogen-bond donors (Lipinski definition) is 1. The van der Waals surface area contributed by atoms with Gasteiger partial charge in [0.2, 0.25) is 0 Å². The number of epoxide rings is 1. The molecule has 11 heavy (non-hydrogen) atoms. The lowest BCUT2D eigenvalue weighted by Crippen LogP contribution is -2.09. The maximum atomic E-state index is 8.36. The normalized spacial score (nSPS) is 39.5. The highest BCUT2D eigenvalue weighted by molar-refractivity contribution is 5.32. The van der Waals surface area contributed by atoms with Crippen molar-refractivity contribution in [3.63, 3.8) is 0 Å². The van der Waals surface area contributed by atoms with Gasteiger partial charge < -0.3 is 9.84 Å². The molecule has 1 heterocycles. The molecular weight excluding hydrogens is 144 g/mol. The van der Waals surface area contributed by atoms with Crippen LogP contribution in [0, 0.1) is 5.92 Å². The third kappa shape index (κ3) is 2.50. The lowest BCUT2D eigenvalue weighted by atomic mass is 9.91. The van der Waals surface area contributed by atoms with Crippen LogP contribution in [0.2, 0.25) is 0 Å². The van der Waals surface area contributed by atoms with Gasteiger partial charge in [-0.05, 0) is 25.2 Å². The highest BCUT2D eigenvalue weighted by Crippen LogP contribution is 2.38. The van der Waals surface area contributed by atoms with E-state index in [2.05, 4.69) is 6.92 Å². The van der Waals surface area contributed by atoms with Crippen LogP contribution < -0.4 is 0 Å². The molecule has 1 N–H and O–H groups in total. The second kappa shape index (κ2) is 3.72. The quantitative estimate of drug-likeness (QED) is 0.426. The summed E-state index contributed by atoms with van der Waals surface area (Å²) in [6.45, 7) is 2.07. The average Bonchev–Trinajstić information content (AvgIpc) is 2.67. The van der Waals surface area contributed by atoms with Crippen LogP contribution in [-0.2, 0) is 9.53 Å². The zero-order chi connectivity index (χ0) is 8.27. The fourth-order valence-electron chi connectivity index (χ4n) is 1.60. The molecule has 1 saturated heterocycles. The Bertz CT molecular complexity index is 135. The van der Waals surface area contributed by atoms with Gasteiger partial charge >= 0.3 is 0 Å². The van der Waals surface area contributed by atoms with Crippen LogP contribution in [0.4, 0.5) is 0 Å². The molecule has 1 aliphatic carbocycles. The molecule has 3 heteroatoms. The molecule has 0 amide bonds. The summed E-state index contributed by atoms with van der Waals surface area (Å²) in [7, 11) is 0. The molecule has 0 aromatic rings. The van der Waals surface area contributed by atoms with Crippen molar-refractivity contribution in [2.45, 2.75) is 38.4 Å². The second-order valence-corrected chi connectivity index (χ2v) is 3.24. The highest BCUT2D eigenvalue weighted by Gasteiger charge is 2.42. The Hall–Kier alpha value is -0.570. The van der Waals surface area contributed by atoms with Crippen LogP contribution in [0.1, 0.15) is 26.2 Å². The molecule has 3 nitrogen and oxygen atoms in total. The van der Waals surface area contributed by atoms with Gasteiger partial charge in [-0.2, -0.15) is 0 Å². The molecule has 3 unspecified atom stereocenters. The van der Waals surface area contributed by atoms with Crippen LogP contribution in [-0.4, -0.2) is 23.8 Å². The number of ether oxygens (including phenoxy) is 1. The van der Waals surface area contributed by atoms with Gasteiger partial charge in [0, 0.05) is 0 Å². The lowest BCUT2D eigenvalue weighted by molar-refractivity contribution is -0.122. The Balaban J connectivity index is 0.000000179. The summed E-state index contributed by atoms with van der Waals surface area (Å²) >= 11 is 0. The lowest BCUT2D eigenvalue weighted by Gasteiger charge is -2.11. The van der Waals surface area contributed by atoms with E-state index in [1.165, 1.54) is 19.3 Å². The van der Waals surface area contributed by atoms with Gasteiger partial charge in [0.25, 0.3) is 6.47 Å². The molecule has 0 aromatic carbocycles. The Labute approximate surface area is 66.4 Å². The number of fused-ring (bicyclic) bond motifs is 1. The molecule has 2 rings (SSSR count). The molecule has 0 radical (unpaired) electrons. The molecule has 1 saturated carbocycles. The SMILES string of the molecule is CC1CCC2OC2C1.O=CO. The fraction of sp³-hybridized carbons (Fsp3) is 0.875. The predicted octanol–water partition coefficient (Wildman–Crippen LogP) is 1.27. The maximum Gasteiger partial charge on any atom is 0.290 e. The number of carbonyl (C=O) groups is 1. The molecule has 0 bridgehead atoms. The summed E-state index contributed by atoms with van der Waals surface area (Å²) in [5.41, 5.74) is 0. The van der Waals surface area contributed by atoms with Crippen molar-refractivity contribution in [2.75, 3.05) is 0 Å². The molecule has 0 spiro atoms. The van der Waals surface area contributed by atoms with E-state index in [-0.39, 0.29) is 6.47 Å². The van der Waals surface area contributed by atoms with Gasteiger partial charge in [0.05, 0.1) is 12.2 Å². The number of rotatable bonds is 0. The van der Waals surface area contributed by atoms with Crippen LogP contribution >= 0.6 is 0 Å². The minimum Gasteiger partial charge on any atom is -0.483 e. The first kappa shape index (κ1) is 8.53. The average molecular weight is 158 g/mol. The minimum absolute atomic E-state index is 0.250. The number of carboxylic acid groups (broad SMARTS) is 1. The van der Waals surface area contributed by atoms with Gasteiger partial charge in [-0.3, -0.25) is 4.79 Å². The maximum absolute atomic E-state index is 8.36. The van der Waals surface area contributed by atoms with E-state index in [1.54, 1.807) is 0 Å². The van der Waals surface area contributed by atoms with Gasteiger partial charge in [-0.15, -0.1) is 0 Å². The van der Waals surface area contributed by atoms with Crippen LogP contribution in [0.3, 0.4) is 0 Å². The Morgan fingerprint density at radius 1 is 1.45 bits per heavy atom. The van der Waals surface area contributed by atoms with E-state index in [9.17, 15) is 0 Å². The van der Waals surface area contributed by atoms with Crippen molar-refractivity contribution in [2.24, 2.45) is 5.92 Å². The first-order chi connectivity index (χ1) is 5.27. The second-order valence-electron chi connectivity index (χ2n) is 3.24. The Kier molecular flexibility index (Phi) is 2.88. The van der Waals surface area contributed by atoms with Crippen molar-refractivity contribution in [3.8, 4) is 0 Å². The van der Waals surface area contributed by atoms with E-state index in [0.717, 1.165) is 5.92 Å². The Morgan fingerprint density at radius 3 is 2.55 bits per heavy atom. The molecule has 2 fully saturated rings. The zero-order valence-corrected chi connectivity index (χ0v) is 6.69. The molecular formula is C8H14O3. The van der Waals surface area contributed by atoms with E-state index in [1.807, 2.05) is 0 Å². The fourth-order valence-corrected chi connectivity index (χ4v) is 1.60. The number of hydrogen-bond acceptors (Lipinski definition) is 2. The summed E-state index contributed by atoms with van der Waals surface area (Å²) in [5, 5.41) is 6.89. The Morgan fingerprint density at radius 2 is 2.09 bits per heavy atom. The summed E-state index contributed by atoms with van der Waals surface area (Å²) in [6, 6.07) is 0. The molecule has 1 aliphatic heterocycles. The van der Waals surface area contributed by atoms with Crippen LogP contribution in [0.25, 0.3) is 0 Å². The molecule has 2 aliphatic rings. The largest absolute Gasteiger partial charge is 0.483 e. The van der Waals surface area contributed by atoms with Crippen LogP contribution in [0.5, 0.6) is 0 Å². The minimum atomic E-state index is -0.250. The first-order valence-electron chi connectivity index (χ1n) is 4.01. The van der Waals surface area contributed by atoms with Crippen molar-refractivity contribution >= 4 is 6.47 Å². The standard InChI is InChI=1S/C7H12O.CH2O2/c1-5-2-3-6-7(4-5)8-6;2-1-3/h5-7H,2-4H2,1H3;1H,(H,2,3). The van der Waals surface area contributed by atoms with E-state index < -0.39 is 0 Å². The van der Waals surface area contributed by atoms with Crippen molar-refractivity contribution < 1.29 is 14.6 Å². The first-order valence-corrected chi connectivity index (χ1v) is 4.01. The smallest absolute Gasteiger partial charge is 0.290 e. The van der Waals surface area contributed by atoms with Crippen molar-refractivity contribution in [1.82, 2.24) is 0 Å². The highest BCUT2D eigenvalue weighted by atomic mass is 16.6. The summed E-state index contributed by atoms with van der Waals surface area (Å²) in [6.07, 6.45) is 5.41. The molecule has 64 valence electrons. The third-order valence-electron chi connectivity index (χ3n) is 2.27. The van der Waals surface area contributed by atoms with Gasteiger partial charge in [0.1, 0.15) is 0 Å². The van der Waals surface area contributed by atoms with E-state index >= 15 is 0 Å². The van der Waals surface area contributed by atoms with Gasteiger partial charge in [-0.25, -0.2) is 0 Å². The van der Waals surface area contributed by atoms with E-state index in [0.29, 0.717) is 12.2 Å². The third-order valence-corrected chi connectivity index (χ3v) is 2.27. The van der Waals surface area contributed by atoms with Gasteiger partial charge in [0.15, 0.2) is 0 Å². The van der Waals surface area contributed by atoms with Gasteiger partial charge in [-0.1, -0.05) is 6.92 Å². The van der Waals surface area contributed by atoms with Crippen molar-refractivity contribution in [1.29, 1.82) is 0 Å². The molecule has 0 aromatic heterocycles. The van der Waals surface area contributed by atoms with Crippen LogP contribution in [0.15, 0.2) is 0 Å². The summed E-state index contributed by atoms with van der Waals surface area (Å²) < 4.78 is 5.35. The zero-order valence-electron chi connectivity index (χ0n) is 6.69. The summed E-state index contributed by atoms with van der Waals surface area (Å²) in [5.74, 6) is 0.929. The van der Waals surface area contributed by atoms with E-state index in [4.69, 9.17) is 14.6 Å².